The number of nitrogens with zero attached hydrogens (tertiary/aromatic N) is 4. The number of fused-ring (bicyclic) bond motifs is 1. The van der Waals surface area contributed by atoms with Gasteiger partial charge in [-0.1, -0.05) is 0 Å². The van der Waals surface area contributed by atoms with E-state index in [1.54, 1.807) is 30.0 Å². The fourth-order valence-electron chi connectivity index (χ4n) is 1.72. The number of nitrogen functional groups attached to an aromatic ring is 1. The maximum Gasteiger partial charge on any atom is 0.260 e. The van der Waals surface area contributed by atoms with Crippen LogP contribution in [-0.2, 0) is 0 Å². The van der Waals surface area contributed by atoms with Crippen LogP contribution in [0.25, 0.3) is 5.52 Å². The summed E-state index contributed by atoms with van der Waals surface area (Å²) in [7, 11) is 0. The van der Waals surface area contributed by atoms with Crippen molar-refractivity contribution in [2.75, 3.05) is 11.1 Å². The summed E-state index contributed by atoms with van der Waals surface area (Å²) in [6.45, 7) is 1.78. The van der Waals surface area contributed by atoms with E-state index in [1.807, 2.05) is 0 Å². The van der Waals surface area contributed by atoms with E-state index in [-0.39, 0.29) is 5.91 Å². The van der Waals surface area contributed by atoms with Crippen molar-refractivity contribution in [1.29, 1.82) is 0 Å². The molecule has 0 aliphatic carbocycles. The van der Waals surface area contributed by atoms with Crippen LogP contribution in [0.5, 0.6) is 0 Å². The zero-order valence-corrected chi connectivity index (χ0v) is 10.1. The molecule has 0 radical (unpaired) electrons. The quantitative estimate of drug-likeness (QED) is 0.621. The molecule has 0 aliphatic rings. The number of carbonyl (C=O) groups is 1. The van der Waals surface area contributed by atoms with E-state index in [4.69, 9.17) is 5.73 Å². The number of hydrogen-bond donors (Lipinski definition) is 3. The zero-order valence-electron chi connectivity index (χ0n) is 10.1. The van der Waals surface area contributed by atoms with Crippen LogP contribution in [0.4, 0.5) is 11.5 Å². The molecule has 0 aromatic carbocycles. The van der Waals surface area contributed by atoms with Gasteiger partial charge in [-0.05, 0) is 6.92 Å². The van der Waals surface area contributed by atoms with Crippen molar-refractivity contribution in [2.24, 2.45) is 0 Å². The summed E-state index contributed by atoms with van der Waals surface area (Å²) in [4.78, 5) is 16.1. The van der Waals surface area contributed by atoms with E-state index >= 15 is 0 Å². The Kier molecular flexibility index (Phi) is 2.41. The van der Waals surface area contributed by atoms with Gasteiger partial charge in [-0.3, -0.25) is 14.9 Å². The van der Waals surface area contributed by atoms with Gasteiger partial charge >= 0.3 is 0 Å². The molecule has 8 heteroatoms. The highest BCUT2D eigenvalue weighted by molar-refractivity contribution is 6.09. The molecule has 3 aromatic heterocycles. The number of amides is 1. The third kappa shape index (κ3) is 1.79. The summed E-state index contributed by atoms with van der Waals surface area (Å²) in [6.07, 6.45) is 6.30. The summed E-state index contributed by atoms with van der Waals surface area (Å²) in [5.74, 6) is -0.0214. The standard InChI is InChI=1S/C11H11N7O/c1-6-9(12)10(17-16-6)15-11(19)7-4-14-18-3-2-13-5-8(7)18/h2-5H,12H2,1H3,(H2,15,16,17,19). The van der Waals surface area contributed by atoms with Gasteiger partial charge in [-0.25, -0.2) is 4.52 Å². The molecule has 0 spiro atoms. The van der Waals surface area contributed by atoms with E-state index < -0.39 is 0 Å². The van der Waals surface area contributed by atoms with Crippen molar-refractivity contribution in [2.45, 2.75) is 6.92 Å². The van der Waals surface area contributed by atoms with Gasteiger partial charge in [0.05, 0.1) is 34.9 Å². The van der Waals surface area contributed by atoms with Crippen molar-refractivity contribution in [1.82, 2.24) is 24.8 Å². The Morgan fingerprint density at radius 3 is 3.05 bits per heavy atom. The largest absolute Gasteiger partial charge is 0.394 e. The third-order valence-corrected chi connectivity index (χ3v) is 2.80. The lowest BCUT2D eigenvalue weighted by molar-refractivity contribution is 0.102. The molecule has 3 rings (SSSR count). The number of carbonyl (C=O) groups excluding carboxylic acids is 1. The van der Waals surface area contributed by atoms with Crippen LogP contribution >= 0.6 is 0 Å². The summed E-state index contributed by atoms with van der Waals surface area (Å²) in [5, 5.41) is 13.3. The first-order chi connectivity index (χ1) is 9.16. The van der Waals surface area contributed by atoms with Gasteiger partial charge in [-0.2, -0.15) is 10.2 Å². The minimum absolute atomic E-state index is 0.311. The number of aromatic amines is 1. The molecule has 8 nitrogen and oxygen atoms in total. The number of nitrogens with one attached hydrogen (secondary N) is 2. The second-order valence-corrected chi connectivity index (χ2v) is 4.03. The number of aromatic nitrogens is 5. The average Bonchev–Trinajstić information content (AvgIpc) is 2.97. The minimum Gasteiger partial charge on any atom is -0.394 e. The number of hydrogen-bond acceptors (Lipinski definition) is 5. The first-order valence-electron chi connectivity index (χ1n) is 5.56. The SMILES string of the molecule is Cc1[nH]nc(NC(=O)c2cnn3ccncc23)c1N. The van der Waals surface area contributed by atoms with Crippen molar-refractivity contribution in [3.63, 3.8) is 0 Å². The number of anilines is 2. The van der Waals surface area contributed by atoms with Crippen LogP contribution in [0.2, 0.25) is 0 Å². The molecular weight excluding hydrogens is 246 g/mol. The number of nitrogens with two attached hydrogens (primary N) is 1. The van der Waals surface area contributed by atoms with Crippen LogP contribution in [0.15, 0.2) is 24.8 Å². The van der Waals surface area contributed by atoms with Gasteiger partial charge in [0.15, 0.2) is 5.82 Å². The molecule has 3 aromatic rings. The van der Waals surface area contributed by atoms with Crippen molar-refractivity contribution in [3.8, 4) is 0 Å². The predicted molar refractivity (Wildman–Crippen MR) is 68.7 cm³/mol. The molecule has 0 aliphatic heterocycles. The topological polar surface area (TPSA) is 114 Å². The zero-order chi connectivity index (χ0) is 13.4. The lowest BCUT2D eigenvalue weighted by Crippen LogP contribution is -2.13. The summed E-state index contributed by atoms with van der Waals surface area (Å²) >= 11 is 0. The minimum atomic E-state index is -0.332. The highest BCUT2D eigenvalue weighted by atomic mass is 16.1. The molecule has 1 amide bonds. The first kappa shape index (κ1) is 11.2. The number of H-pyrrole nitrogens is 1. The molecule has 19 heavy (non-hydrogen) atoms. The van der Waals surface area contributed by atoms with E-state index in [2.05, 4.69) is 25.6 Å². The normalized spacial score (nSPS) is 10.8. The van der Waals surface area contributed by atoms with Crippen molar-refractivity contribution >= 4 is 22.9 Å². The van der Waals surface area contributed by atoms with Gasteiger partial charge in [-0.15, -0.1) is 0 Å². The molecular formula is C11H11N7O. The van der Waals surface area contributed by atoms with Crippen LogP contribution in [-0.4, -0.2) is 30.7 Å². The lowest BCUT2D eigenvalue weighted by Gasteiger charge is -2.01. The van der Waals surface area contributed by atoms with Crippen LogP contribution in [0, 0.1) is 6.92 Å². The van der Waals surface area contributed by atoms with Gasteiger partial charge < -0.3 is 11.1 Å². The van der Waals surface area contributed by atoms with Crippen LogP contribution in [0.3, 0.4) is 0 Å². The molecule has 0 saturated heterocycles. The second kappa shape index (κ2) is 4.09. The van der Waals surface area contributed by atoms with Crippen LogP contribution < -0.4 is 11.1 Å². The van der Waals surface area contributed by atoms with E-state index in [9.17, 15) is 4.79 Å². The molecule has 3 heterocycles. The molecule has 96 valence electrons. The van der Waals surface area contributed by atoms with Crippen molar-refractivity contribution in [3.05, 3.63) is 36.0 Å². The fourth-order valence-corrected chi connectivity index (χ4v) is 1.72. The molecule has 4 N–H and O–H groups in total. The number of aryl methyl sites for hydroxylation is 1. The van der Waals surface area contributed by atoms with E-state index in [1.165, 1.54) is 6.20 Å². The van der Waals surface area contributed by atoms with Gasteiger partial charge in [0.2, 0.25) is 0 Å². The monoisotopic (exact) mass is 257 g/mol. The third-order valence-electron chi connectivity index (χ3n) is 2.80. The van der Waals surface area contributed by atoms with E-state index in [0.717, 1.165) is 0 Å². The Labute approximate surface area is 107 Å². The van der Waals surface area contributed by atoms with E-state index in [0.29, 0.717) is 28.3 Å². The molecule has 0 bridgehead atoms. The molecule has 0 unspecified atom stereocenters. The maximum absolute atomic E-state index is 12.1. The molecule has 0 saturated carbocycles. The summed E-state index contributed by atoms with van der Waals surface area (Å²) in [5.41, 5.74) is 7.93. The summed E-state index contributed by atoms with van der Waals surface area (Å²) < 4.78 is 1.57. The highest BCUT2D eigenvalue weighted by Gasteiger charge is 2.16. The lowest BCUT2D eigenvalue weighted by atomic mass is 10.2. The summed E-state index contributed by atoms with van der Waals surface area (Å²) in [6, 6.07) is 0. The fraction of sp³-hybridized carbons (Fsp3) is 0.0909. The van der Waals surface area contributed by atoms with Gasteiger partial charge in [0.1, 0.15) is 0 Å². The Balaban J connectivity index is 1.94. The predicted octanol–water partition coefficient (Wildman–Crippen LogP) is 0.595. The van der Waals surface area contributed by atoms with Gasteiger partial charge in [0.25, 0.3) is 5.91 Å². The Bertz CT molecular complexity index is 757. The Morgan fingerprint density at radius 2 is 2.32 bits per heavy atom. The Hall–Kier alpha value is -2.90. The maximum atomic E-state index is 12.1. The Morgan fingerprint density at radius 1 is 1.47 bits per heavy atom. The molecule has 0 fully saturated rings. The van der Waals surface area contributed by atoms with Crippen molar-refractivity contribution < 1.29 is 4.79 Å². The van der Waals surface area contributed by atoms with Crippen LogP contribution in [0.1, 0.15) is 16.1 Å². The smallest absolute Gasteiger partial charge is 0.260 e. The highest BCUT2D eigenvalue weighted by Crippen LogP contribution is 2.19. The molecule has 0 atom stereocenters. The second-order valence-electron chi connectivity index (χ2n) is 4.03. The first-order valence-corrected chi connectivity index (χ1v) is 5.56. The van der Waals surface area contributed by atoms with Gasteiger partial charge in [0, 0.05) is 12.4 Å². The number of rotatable bonds is 2. The average molecular weight is 257 g/mol.